The number of benzene rings is 1. The van der Waals surface area contributed by atoms with Gasteiger partial charge in [0.15, 0.2) is 0 Å². The average Bonchev–Trinajstić information content (AvgIpc) is 2.86. The summed E-state index contributed by atoms with van der Waals surface area (Å²) in [7, 11) is 0. The first kappa shape index (κ1) is 19.8. The van der Waals surface area contributed by atoms with E-state index in [0.717, 1.165) is 16.7 Å². The van der Waals surface area contributed by atoms with E-state index in [1.54, 1.807) is 31.2 Å². The van der Waals surface area contributed by atoms with Gasteiger partial charge in [0, 0.05) is 19.1 Å². The molecule has 0 aliphatic carbocycles. The van der Waals surface area contributed by atoms with Gasteiger partial charge in [0.25, 0.3) is 0 Å². The van der Waals surface area contributed by atoms with Gasteiger partial charge in [-0.15, -0.1) is 11.8 Å². The van der Waals surface area contributed by atoms with Crippen LogP contribution in [0, 0.1) is 0 Å². The third-order valence-electron chi connectivity index (χ3n) is 3.65. The number of carboxylic acids is 1. The van der Waals surface area contributed by atoms with Crippen molar-refractivity contribution in [2.75, 3.05) is 17.3 Å². The van der Waals surface area contributed by atoms with Gasteiger partial charge in [-0.1, -0.05) is 12.1 Å². The van der Waals surface area contributed by atoms with Crippen molar-refractivity contribution in [3.05, 3.63) is 24.3 Å². The summed E-state index contributed by atoms with van der Waals surface area (Å²) in [5, 5.41) is 10.7. The zero-order valence-electron chi connectivity index (χ0n) is 14.4. The smallest absolute Gasteiger partial charge is 0.327 e. The van der Waals surface area contributed by atoms with Crippen LogP contribution in [-0.2, 0) is 19.2 Å². The van der Waals surface area contributed by atoms with Gasteiger partial charge in [0.2, 0.25) is 17.7 Å². The Bertz CT molecular complexity index is 723. The van der Waals surface area contributed by atoms with E-state index in [-0.39, 0.29) is 18.1 Å². The fraction of sp³-hybridized carbons (Fsp3) is 0.412. The molecular formula is C17H20N2O6S. The van der Waals surface area contributed by atoms with E-state index >= 15 is 0 Å². The van der Waals surface area contributed by atoms with Crippen molar-refractivity contribution >= 4 is 41.1 Å². The number of nitrogens with zero attached hydrogens (tertiary/aromatic N) is 1. The van der Waals surface area contributed by atoms with Crippen LogP contribution in [0.15, 0.2) is 24.3 Å². The van der Waals surface area contributed by atoms with Crippen LogP contribution in [0.1, 0.15) is 20.3 Å². The molecule has 8 nitrogen and oxygen atoms in total. The summed E-state index contributed by atoms with van der Waals surface area (Å²) in [6.45, 7) is 3.41. The molecule has 2 N–H and O–H groups in total. The molecule has 0 saturated carbocycles. The number of amides is 3. The number of carboxylic acid groups (broad SMARTS) is 1. The van der Waals surface area contributed by atoms with Gasteiger partial charge in [0.05, 0.1) is 17.5 Å². The lowest BCUT2D eigenvalue weighted by Gasteiger charge is -2.19. The Balaban J connectivity index is 2.11. The first-order valence-corrected chi connectivity index (χ1v) is 9.10. The number of thioether (sulfide) groups is 1. The van der Waals surface area contributed by atoms with Crippen molar-refractivity contribution in [2.45, 2.75) is 31.6 Å². The van der Waals surface area contributed by atoms with Crippen molar-refractivity contribution < 1.29 is 29.0 Å². The van der Waals surface area contributed by atoms with Crippen LogP contribution in [0.4, 0.5) is 5.69 Å². The van der Waals surface area contributed by atoms with Crippen molar-refractivity contribution in [2.24, 2.45) is 0 Å². The molecule has 0 radical (unpaired) electrons. The van der Waals surface area contributed by atoms with Crippen molar-refractivity contribution in [1.82, 2.24) is 5.32 Å². The molecular weight excluding hydrogens is 360 g/mol. The number of ether oxygens (including phenoxy) is 1. The van der Waals surface area contributed by atoms with Crippen LogP contribution in [0.25, 0.3) is 0 Å². The highest BCUT2D eigenvalue weighted by Crippen LogP contribution is 2.35. The third-order valence-corrected chi connectivity index (χ3v) is 4.95. The van der Waals surface area contributed by atoms with E-state index in [1.165, 1.54) is 6.92 Å². The minimum atomic E-state index is -1.19. The highest BCUT2D eigenvalue weighted by atomic mass is 32.2. The van der Waals surface area contributed by atoms with Gasteiger partial charge in [-0.05, 0) is 19.1 Å². The number of aliphatic carboxylic acids is 1. The van der Waals surface area contributed by atoms with Crippen LogP contribution in [0.2, 0.25) is 0 Å². The van der Waals surface area contributed by atoms with E-state index < -0.39 is 29.1 Å². The summed E-state index contributed by atoms with van der Waals surface area (Å²) in [6, 6.07) is 5.64. The monoisotopic (exact) mass is 380 g/mol. The van der Waals surface area contributed by atoms with Crippen LogP contribution in [0.3, 0.4) is 0 Å². The summed E-state index contributed by atoms with van der Waals surface area (Å²) in [5.74, 6) is -2.03. The Hall–Kier alpha value is -2.55. The molecule has 0 aromatic heterocycles. The van der Waals surface area contributed by atoms with Crippen molar-refractivity contribution in [1.29, 1.82) is 0 Å². The second-order valence-corrected chi connectivity index (χ2v) is 6.82. The van der Waals surface area contributed by atoms with E-state index in [4.69, 9.17) is 9.84 Å². The van der Waals surface area contributed by atoms with E-state index in [1.807, 2.05) is 0 Å². The van der Waals surface area contributed by atoms with E-state index in [2.05, 4.69) is 5.32 Å². The molecule has 26 heavy (non-hydrogen) atoms. The summed E-state index contributed by atoms with van der Waals surface area (Å²) < 4.78 is 5.48. The molecule has 1 aromatic carbocycles. The lowest BCUT2D eigenvalue weighted by atomic mass is 10.2. The minimum absolute atomic E-state index is 0.0143. The fourth-order valence-corrected chi connectivity index (χ4v) is 3.70. The van der Waals surface area contributed by atoms with Gasteiger partial charge in [0.1, 0.15) is 11.8 Å². The zero-order chi connectivity index (χ0) is 19.3. The van der Waals surface area contributed by atoms with Crippen molar-refractivity contribution in [3.63, 3.8) is 0 Å². The van der Waals surface area contributed by atoms with Gasteiger partial charge in [-0.25, -0.2) is 9.69 Å². The number of rotatable bonds is 8. The van der Waals surface area contributed by atoms with Gasteiger partial charge in [-0.2, -0.15) is 0 Å². The number of carbonyl (C=O) groups is 4. The highest BCUT2D eigenvalue weighted by Gasteiger charge is 2.41. The molecule has 0 bridgehead atoms. The van der Waals surface area contributed by atoms with E-state index in [0.29, 0.717) is 18.0 Å². The Morgan fingerprint density at radius 1 is 1.38 bits per heavy atom. The van der Waals surface area contributed by atoms with Gasteiger partial charge in [-0.3, -0.25) is 14.4 Å². The molecule has 0 unspecified atom stereocenters. The summed E-state index contributed by atoms with van der Waals surface area (Å²) in [4.78, 5) is 48.4. The number of para-hydroxylation sites is 2. The molecule has 1 heterocycles. The lowest BCUT2D eigenvalue weighted by molar-refractivity contribution is -0.140. The molecule has 0 spiro atoms. The normalized spacial score (nSPS) is 17.9. The second kappa shape index (κ2) is 8.70. The average molecular weight is 380 g/mol. The topological polar surface area (TPSA) is 113 Å². The second-order valence-electron chi connectivity index (χ2n) is 5.59. The summed E-state index contributed by atoms with van der Waals surface area (Å²) >= 11 is 1.04. The molecule has 140 valence electrons. The maximum absolute atomic E-state index is 12.7. The number of hydrogen-bond acceptors (Lipinski definition) is 6. The van der Waals surface area contributed by atoms with Crippen molar-refractivity contribution in [3.8, 4) is 5.75 Å². The first-order chi connectivity index (χ1) is 12.3. The van der Waals surface area contributed by atoms with Crippen LogP contribution >= 0.6 is 11.8 Å². The largest absolute Gasteiger partial charge is 0.492 e. The predicted molar refractivity (Wildman–Crippen MR) is 96.2 cm³/mol. The quantitative estimate of drug-likeness (QED) is 0.648. The Labute approximate surface area is 154 Å². The Kier molecular flexibility index (Phi) is 6.62. The zero-order valence-corrected chi connectivity index (χ0v) is 15.2. The summed E-state index contributed by atoms with van der Waals surface area (Å²) in [5.41, 5.74) is 0.379. The van der Waals surface area contributed by atoms with Crippen LogP contribution < -0.4 is 15.0 Å². The Morgan fingerprint density at radius 3 is 2.69 bits per heavy atom. The molecule has 1 fully saturated rings. The highest BCUT2D eigenvalue weighted by molar-refractivity contribution is 8.00. The first-order valence-electron chi connectivity index (χ1n) is 8.05. The maximum Gasteiger partial charge on any atom is 0.327 e. The number of imide groups is 1. The molecule has 1 aromatic rings. The number of hydrogen-bond donors (Lipinski definition) is 2. The molecule has 9 heteroatoms. The number of carbonyl (C=O) groups excluding carboxylic acids is 3. The predicted octanol–water partition coefficient (Wildman–Crippen LogP) is 1.04. The minimum Gasteiger partial charge on any atom is -0.492 e. The third kappa shape index (κ3) is 4.54. The number of nitrogens with one attached hydrogen (secondary N) is 1. The summed E-state index contributed by atoms with van der Waals surface area (Å²) in [6.07, 6.45) is -0.0314. The molecule has 1 aliphatic rings. The van der Waals surface area contributed by atoms with Crippen LogP contribution in [-0.4, -0.2) is 52.4 Å². The number of anilines is 1. The molecule has 1 aliphatic heterocycles. The standard InChI is InChI=1S/C17H20N2O6S/c1-3-25-13-7-5-4-6-12(13)19-15(21)8-14(16(19)22)26-9-11(17(23)24)18-10(2)20/h4-7,11,14H,3,8-9H2,1-2H3,(H,18,20)(H,23,24)/t11-,14-/m0/s1. The molecule has 1 saturated heterocycles. The lowest BCUT2D eigenvalue weighted by Crippen LogP contribution is -2.42. The van der Waals surface area contributed by atoms with Gasteiger partial charge < -0.3 is 15.2 Å². The van der Waals surface area contributed by atoms with E-state index in [9.17, 15) is 19.2 Å². The van der Waals surface area contributed by atoms with Crippen LogP contribution in [0.5, 0.6) is 5.75 Å². The maximum atomic E-state index is 12.7. The molecule has 3 amide bonds. The molecule has 2 atom stereocenters. The molecule has 2 rings (SSSR count). The Morgan fingerprint density at radius 2 is 2.08 bits per heavy atom. The SMILES string of the molecule is CCOc1ccccc1N1C(=O)C[C@H](SC[C@H](NC(C)=O)C(=O)O)C1=O. The fourth-order valence-electron chi connectivity index (χ4n) is 2.54. The van der Waals surface area contributed by atoms with Gasteiger partial charge >= 0.3 is 5.97 Å².